The molecule has 1 fully saturated rings. The van der Waals surface area contributed by atoms with Gasteiger partial charge in [0.1, 0.15) is 11.2 Å². The Morgan fingerprint density at radius 2 is 2.25 bits per heavy atom. The van der Waals surface area contributed by atoms with Crippen molar-refractivity contribution in [3.05, 3.63) is 24.3 Å². The van der Waals surface area contributed by atoms with Crippen molar-refractivity contribution in [2.24, 2.45) is 5.41 Å². The van der Waals surface area contributed by atoms with Gasteiger partial charge in [-0.05, 0) is 12.1 Å². The van der Waals surface area contributed by atoms with Crippen LogP contribution in [-0.4, -0.2) is 26.9 Å². The number of anilines is 1. The molecule has 1 aliphatic heterocycles. The van der Waals surface area contributed by atoms with Gasteiger partial charge in [0.2, 0.25) is 0 Å². The van der Waals surface area contributed by atoms with Crippen molar-refractivity contribution in [3.8, 4) is 11.8 Å². The lowest BCUT2D eigenvalue weighted by Gasteiger charge is -2.35. The van der Waals surface area contributed by atoms with Gasteiger partial charge in [-0.15, -0.1) is 0 Å². The van der Waals surface area contributed by atoms with Gasteiger partial charge in [0.15, 0.2) is 0 Å². The number of nitrogens with zero attached hydrogens (tertiary/aromatic N) is 1. The molecule has 0 radical (unpaired) electrons. The van der Waals surface area contributed by atoms with Crippen LogP contribution in [0.5, 0.6) is 5.75 Å². The van der Waals surface area contributed by atoms with Crippen LogP contribution >= 0.6 is 0 Å². The molecule has 0 saturated carbocycles. The fourth-order valence-electron chi connectivity index (χ4n) is 1.61. The number of hydrogen-bond donors (Lipinski definition) is 1. The zero-order chi connectivity index (χ0) is 11.4. The Balaban J connectivity index is 2.02. The zero-order valence-corrected chi connectivity index (χ0v) is 9.19. The van der Waals surface area contributed by atoms with Crippen molar-refractivity contribution >= 4 is 5.69 Å². The summed E-state index contributed by atoms with van der Waals surface area (Å²) < 4.78 is 10.3. The number of methoxy groups -OCH3 is 1. The molecular formula is C12H14N2O2. The highest BCUT2D eigenvalue weighted by Crippen LogP contribution is 2.29. The standard InChI is InChI=1S/C12H14N2O2/c1-15-11-5-3-2-4-10(11)14-7-12(6-13)8-16-9-12/h2-5,14H,7-9H2,1H3. The van der Waals surface area contributed by atoms with Gasteiger partial charge in [0.25, 0.3) is 0 Å². The summed E-state index contributed by atoms with van der Waals surface area (Å²) in [7, 11) is 1.63. The van der Waals surface area contributed by atoms with Gasteiger partial charge in [0, 0.05) is 6.54 Å². The van der Waals surface area contributed by atoms with Gasteiger partial charge in [-0.25, -0.2) is 0 Å². The van der Waals surface area contributed by atoms with E-state index in [1.165, 1.54) is 0 Å². The van der Waals surface area contributed by atoms with Crippen molar-refractivity contribution in [1.29, 1.82) is 5.26 Å². The Labute approximate surface area is 94.8 Å². The molecular weight excluding hydrogens is 204 g/mol. The van der Waals surface area contributed by atoms with E-state index in [1.807, 2.05) is 24.3 Å². The minimum absolute atomic E-state index is 0.374. The lowest BCUT2D eigenvalue weighted by Crippen LogP contribution is -2.46. The molecule has 0 aromatic heterocycles. The summed E-state index contributed by atoms with van der Waals surface area (Å²) in [6.45, 7) is 1.60. The van der Waals surface area contributed by atoms with E-state index >= 15 is 0 Å². The van der Waals surface area contributed by atoms with Crippen LogP contribution in [0.25, 0.3) is 0 Å². The van der Waals surface area contributed by atoms with E-state index in [1.54, 1.807) is 7.11 Å². The molecule has 0 spiro atoms. The molecule has 0 bridgehead atoms. The minimum Gasteiger partial charge on any atom is -0.495 e. The molecule has 0 unspecified atom stereocenters. The summed E-state index contributed by atoms with van der Waals surface area (Å²) in [6, 6.07) is 9.96. The van der Waals surface area contributed by atoms with Crippen molar-refractivity contribution in [1.82, 2.24) is 0 Å². The first-order chi connectivity index (χ1) is 7.79. The Morgan fingerprint density at radius 1 is 1.50 bits per heavy atom. The van der Waals surface area contributed by atoms with E-state index in [4.69, 9.17) is 14.7 Å². The fourth-order valence-corrected chi connectivity index (χ4v) is 1.61. The average Bonchev–Trinajstić information content (AvgIpc) is 2.29. The predicted octanol–water partition coefficient (Wildman–Crippen LogP) is 1.65. The van der Waals surface area contributed by atoms with E-state index in [9.17, 15) is 0 Å². The summed E-state index contributed by atoms with van der Waals surface area (Å²) in [5.74, 6) is 0.788. The molecule has 4 heteroatoms. The Kier molecular flexibility index (Phi) is 2.97. The first-order valence-corrected chi connectivity index (χ1v) is 5.15. The van der Waals surface area contributed by atoms with Crippen LogP contribution in [0.15, 0.2) is 24.3 Å². The molecule has 1 heterocycles. The van der Waals surface area contributed by atoms with Crippen LogP contribution in [0.4, 0.5) is 5.69 Å². The fraction of sp³-hybridized carbons (Fsp3) is 0.417. The Morgan fingerprint density at radius 3 is 2.81 bits per heavy atom. The molecule has 16 heavy (non-hydrogen) atoms. The van der Waals surface area contributed by atoms with Gasteiger partial charge in [-0.2, -0.15) is 5.26 Å². The first-order valence-electron chi connectivity index (χ1n) is 5.15. The SMILES string of the molecule is COc1ccccc1NCC1(C#N)COC1. The summed E-state index contributed by atoms with van der Waals surface area (Å²) in [4.78, 5) is 0. The van der Waals surface area contributed by atoms with Gasteiger partial charge in [-0.1, -0.05) is 12.1 Å². The van der Waals surface area contributed by atoms with E-state index in [2.05, 4.69) is 11.4 Å². The van der Waals surface area contributed by atoms with Crippen LogP contribution in [0.2, 0.25) is 0 Å². The molecule has 0 amide bonds. The van der Waals surface area contributed by atoms with Gasteiger partial charge in [0.05, 0.1) is 32.1 Å². The van der Waals surface area contributed by atoms with E-state index < -0.39 is 0 Å². The molecule has 1 aromatic carbocycles. The van der Waals surface area contributed by atoms with Crippen molar-refractivity contribution in [2.75, 3.05) is 32.2 Å². The largest absolute Gasteiger partial charge is 0.495 e. The smallest absolute Gasteiger partial charge is 0.141 e. The lowest BCUT2D eigenvalue weighted by atomic mass is 9.88. The van der Waals surface area contributed by atoms with E-state index in [0.717, 1.165) is 11.4 Å². The number of benzene rings is 1. The second kappa shape index (κ2) is 4.42. The first kappa shape index (κ1) is 10.8. The van der Waals surface area contributed by atoms with Crippen molar-refractivity contribution in [2.45, 2.75) is 0 Å². The third kappa shape index (κ3) is 1.95. The maximum Gasteiger partial charge on any atom is 0.141 e. The number of para-hydroxylation sites is 2. The van der Waals surface area contributed by atoms with Crippen molar-refractivity contribution in [3.63, 3.8) is 0 Å². The summed E-state index contributed by atoms with van der Waals surface area (Å²) in [5, 5.41) is 12.3. The normalized spacial score (nSPS) is 17.0. The van der Waals surface area contributed by atoms with Crippen LogP contribution in [0.1, 0.15) is 0 Å². The van der Waals surface area contributed by atoms with Crippen LogP contribution in [0.3, 0.4) is 0 Å². The van der Waals surface area contributed by atoms with Gasteiger partial charge in [-0.3, -0.25) is 0 Å². The lowest BCUT2D eigenvalue weighted by molar-refractivity contribution is -0.0690. The topological polar surface area (TPSA) is 54.3 Å². The van der Waals surface area contributed by atoms with E-state index in [0.29, 0.717) is 19.8 Å². The number of nitrogens with one attached hydrogen (secondary N) is 1. The van der Waals surface area contributed by atoms with Crippen LogP contribution in [-0.2, 0) is 4.74 Å². The maximum absolute atomic E-state index is 9.04. The average molecular weight is 218 g/mol. The van der Waals surface area contributed by atoms with Crippen LogP contribution in [0, 0.1) is 16.7 Å². The minimum atomic E-state index is -0.374. The number of ether oxygens (including phenoxy) is 2. The molecule has 0 aliphatic carbocycles. The third-order valence-electron chi connectivity index (χ3n) is 2.72. The number of rotatable bonds is 4. The monoisotopic (exact) mass is 218 g/mol. The number of nitriles is 1. The molecule has 1 aromatic rings. The molecule has 4 nitrogen and oxygen atoms in total. The highest BCUT2D eigenvalue weighted by molar-refractivity contribution is 5.56. The molecule has 84 valence electrons. The predicted molar refractivity (Wildman–Crippen MR) is 60.3 cm³/mol. The maximum atomic E-state index is 9.04. The van der Waals surface area contributed by atoms with Gasteiger partial charge >= 0.3 is 0 Å². The highest BCUT2D eigenvalue weighted by Gasteiger charge is 2.38. The zero-order valence-electron chi connectivity index (χ0n) is 9.19. The van der Waals surface area contributed by atoms with Crippen LogP contribution < -0.4 is 10.1 Å². The second-order valence-corrected chi connectivity index (χ2v) is 3.94. The molecule has 0 atom stereocenters. The molecule has 1 aliphatic rings. The second-order valence-electron chi connectivity index (χ2n) is 3.94. The molecule has 1 N–H and O–H groups in total. The number of hydrogen-bond acceptors (Lipinski definition) is 4. The quantitative estimate of drug-likeness (QED) is 0.834. The Bertz CT molecular complexity index is 408. The van der Waals surface area contributed by atoms with E-state index in [-0.39, 0.29) is 5.41 Å². The molecule has 2 rings (SSSR count). The summed E-state index contributed by atoms with van der Waals surface area (Å²) >= 11 is 0. The summed E-state index contributed by atoms with van der Waals surface area (Å²) in [5.41, 5.74) is 0.535. The molecule has 1 saturated heterocycles. The third-order valence-corrected chi connectivity index (χ3v) is 2.72. The van der Waals surface area contributed by atoms with Gasteiger partial charge < -0.3 is 14.8 Å². The summed E-state index contributed by atoms with van der Waals surface area (Å²) in [6.07, 6.45) is 0. The highest BCUT2D eigenvalue weighted by atomic mass is 16.5. The Hall–Kier alpha value is -1.73. The van der Waals surface area contributed by atoms with Crippen molar-refractivity contribution < 1.29 is 9.47 Å².